The van der Waals surface area contributed by atoms with Gasteiger partial charge in [0.05, 0.1) is 5.56 Å². The van der Waals surface area contributed by atoms with Gasteiger partial charge in [-0.3, -0.25) is 4.79 Å². The van der Waals surface area contributed by atoms with Crippen LogP contribution in [0, 0.1) is 0 Å². The normalized spacial score (nSPS) is 12.8. The molecule has 4 rings (SSSR count). The summed E-state index contributed by atoms with van der Waals surface area (Å²) < 4.78 is 0. The van der Waals surface area contributed by atoms with Gasteiger partial charge in [-0.25, -0.2) is 9.97 Å². The van der Waals surface area contributed by atoms with Crippen molar-refractivity contribution in [3.63, 3.8) is 0 Å². The molecule has 0 aliphatic carbocycles. The van der Waals surface area contributed by atoms with E-state index in [2.05, 4.69) is 32.3 Å². The van der Waals surface area contributed by atoms with Gasteiger partial charge in [0.1, 0.15) is 11.6 Å². The first-order valence-corrected chi connectivity index (χ1v) is 7.86. The molecule has 1 aliphatic heterocycles. The number of rotatable bonds is 3. The average Bonchev–Trinajstić information content (AvgIpc) is 3.06. The molecule has 0 fully saturated rings. The summed E-state index contributed by atoms with van der Waals surface area (Å²) in [5, 5.41) is 2.83. The maximum atomic E-state index is 12.7. The van der Waals surface area contributed by atoms with E-state index >= 15 is 0 Å². The zero-order valence-electron chi connectivity index (χ0n) is 13.0. The highest BCUT2D eigenvalue weighted by molar-refractivity contribution is 6.07. The summed E-state index contributed by atoms with van der Waals surface area (Å²) in [6.07, 6.45) is 4.32. The van der Waals surface area contributed by atoms with Crippen LogP contribution in [0.5, 0.6) is 0 Å². The number of nitrogens with one attached hydrogen (secondary N) is 1. The van der Waals surface area contributed by atoms with Gasteiger partial charge in [0.25, 0.3) is 5.91 Å². The average molecular weight is 316 g/mol. The Morgan fingerprint density at radius 3 is 2.67 bits per heavy atom. The van der Waals surface area contributed by atoms with E-state index in [1.54, 1.807) is 30.6 Å². The first kappa shape index (κ1) is 14.4. The Hall–Kier alpha value is -3.21. The number of fused-ring (bicyclic) bond motifs is 1. The van der Waals surface area contributed by atoms with Crippen molar-refractivity contribution in [2.75, 3.05) is 16.8 Å². The summed E-state index contributed by atoms with van der Waals surface area (Å²) in [5.41, 5.74) is 2.93. The van der Waals surface area contributed by atoms with Crippen molar-refractivity contribution in [3.8, 4) is 0 Å². The van der Waals surface area contributed by atoms with Gasteiger partial charge in [-0.1, -0.05) is 24.3 Å². The maximum Gasteiger partial charge on any atom is 0.260 e. The second-order valence-electron chi connectivity index (χ2n) is 5.57. The van der Waals surface area contributed by atoms with Crippen molar-refractivity contribution in [2.24, 2.45) is 0 Å². The summed E-state index contributed by atoms with van der Waals surface area (Å²) in [4.78, 5) is 23.4. The molecule has 3 aromatic rings. The van der Waals surface area contributed by atoms with Gasteiger partial charge >= 0.3 is 0 Å². The van der Waals surface area contributed by atoms with Crippen LogP contribution in [0.15, 0.2) is 67.0 Å². The number of anilines is 3. The SMILES string of the molecule is O=C(Nc1ccccn1)c1cccnc1N1CCc2ccccc21. The second kappa shape index (κ2) is 6.12. The molecule has 0 saturated heterocycles. The molecule has 5 nitrogen and oxygen atoms in total. The third kappa shape index (κ3) is 2.60. The predicted molar refractivity (Wildman–Crippen MR) is 93.6 cm³/mol. The number of aromatic nitrogens is 2. The highest BCUT2D eigenvalue weighted by Crippen LogP contribution is 2.34. The number of carbonyl (C=O) groups is 1. The fourth-order valence-electron chi connectivity index (χ4n) is 2.97. The van der Waals surface area contributed by atoms with Crippen LogP contribution in [0.1, 0.15) is 15.9 Å². The molecule has 118 valence electrons. The van der Waals surface area contributed by atoms with Crippen molar-refractivity contribution < 1.29 is 4.79 Å². The van der Waals surface area contributed by atoms with Crippen LogP contribution in [-0.2, 0) is 6.42 Å². The van der Waals surface area contributed by atoms with Crippen LogP contribution in [0.3, 0.4) is 0 Å². The molecular weight excluding hydrogens is 300 g/mol. The van der Waals surface area contributed by atoms with Crippen LogP contribution >= 0.6 is 0 Å². The molecule has 0 radical (unpaired) electrons. The monoisotopic (exact) mass is 316 g/mol. The van der Waals surface area contributed by atoms with E-state index in [4.69, 9.17) is 0 Å². The zero-order valence-corrected chi connectivity index (χ0v) is 13.0. The molecule has 1 aliphatic rings. The van der Waals surface area contributed by atoms with Crippen molar-refractivity contribution in [3.05, 3.63) is 78.1 Å². The predicted octanol–water partition coefficient (Wildman–Crippen LogP) is 3.42. The number of hydrogen-bond acceptors (Lipinski definition) is 4. The Morgan fingerprint density at radius 2 is 1.79 bits per heavy atom. The first-order chi connectivity index (χ1) is 11.8. The summed E-state index contributed by atoms with van der Waals surface area (Å²) in [7, 11) is 0. The lowest BCUT2D eigenvalue weighted by Crippen LogP contribution is -2.21. The molecule has 1 aromatic carbocycles. The van der Waals surface area contributed by atoms with Crippen molar-refractivity contribution in [2.45, 2.75) is 6.42 Å². The number of nitrogens with zero attached hydrogens (tertiary/aromatic N) is 3. The Morgan fingerprint density at radius 1 is 0.958 bits per heavy atom. The molecule has 0 saturated carbocycles. The van der Waals surface area contributed by atoms with Crippen LogP contribution in [0.2, 0.25) is 0 Å². The zero-order chi connectivity index (χ0) is 16.4. The van der Waals surface area contributed by atoms with E-state index in [1.165, 1.54) is 5.56 Å². The Bertz CT molecular complexity index is 879. The molecule has 0 atom stereocenters. The fraction of sp³-hybridized carbons (Fsp3) is 0.105. The van der Waals surface area contributed by atoms with E-state index in [0.29, 0.717) is 17.2 Å². The third-order valence-electron chi connectivity index (χ3n) is 4.08. The van der Waals surface area contributed by atoms with Crippen LogP contribution in [0.25, 0.3) is 0 Å². The quantitative estimate of drug-likeness (QED) is 0.804. The van der Waals surface area contributed by atoms with Gasteiger partial charge < -0.3 is 10.2 Å². The number of carbonyl (C=O) groups excluding carboxylic acids is 1. The largest absolute Gasteiger partial charge is 0.325 e. The Kier molecular flexibility index (Phi) is 3.67. The van der Waals surface area contributed by atoms with E-state index < -0.39 is 0 Å². The van der Waals surface area contributed by atoms with Gasteiger partial charge in [0.2, 0.25) is 0 Å². The molecule has 3 heterocycles. The lowest BCUT2D eigenvalue weighted by atomic mass is 10.2. The number of pyridine rings is 2. The molecular formula is C19H16N4O. The van der Waals surface area contributed by atoms with E-state index in [0.717, 1.165) is 18.7 Å². The number of hydrogen-bond donors (Lipinski definition) is 1. The van der Waals surface area contributed by atoms with Gasteiger partial charge in [-0.2, -0.15) is 0 Å². The minimum atomic E-state index is -0.207. The summed E-state index contributed by atoms with van der Waals surface area (Å²) in [6.45, 7) is 0.820. The van der Waals surface area contributed by atoms with E-state index in [-0.39, 0.29) is 5.91 Å². The van der Waals surface area contributed by atoms with Crippen molar-refractivity contribution in [1.29, 1.82) is 0 Å². The fourth-order valence-corrected chi connectivity index (χ4v) is 2.97. The van der Waals surface area contributed by atoms with Crippen LogP contribution in [0.4, 0.5) is 17.3 Å². The molecule has 0 spiro atoms. The maximum absolute atomic E-state index is 12.7. The molecule has 2 aromatic heterocycles. The number of amides is 1. The summed E-state index contributed by atoms with van der Waals surface area (Å²) in [5.74, 6) is 0.996. The third-order valence-corrected chi connectivity index (χ3v) is 4.08. The molecule has 0 bridgehead atoms. The van der Waals surface area contributed by atoms with Gasteiger partial charge in [0.15, 0.2) is 0 Å². The summed E-state index contributed by atoms with van der Waals surface area (Å²) >= 11 is 0. The number of para-hydroxylation sites is 1. The minimum Gasteiger partial charge on any atom is -0.325 e. The first-order valence-electron chi connectivity index (χ1n) is 7.86. The smallest absolute Gasteiger partial charge is 0.260 e. The Labute approximate surface area is 140 Å². The minimum absolute atomic E-state index is 0.207. The Balaban J connectivity index is 1.68. The topological polar surface area (TPSA) is 58.1 Å². The van der Waals surface area contributed by atoms with Crippen LogP contribution < -0.4 is 10.2 Å². The molecule has 24 heavy (non-hydrogen) atoms. The lowest BCUT2D eigenvalue weighted by molar-refractivity contribution is 0.102. The standard InChI is InChI=1S/C19H16N4O/c24-19(22-17-9-3-4-11-20-17)15-7-5-12-21-18(15)23-13-10-14-6-1-2-8-16(14)23/h1-9,11-12H,10,13H2,(H,20,22,24). The van der Waals surface area contributed by atoms with Gasteiger partial charge in [0, 0.05) is 24.6 Å². The molecule has 1 amide bonds. The summed E-state index contributed by atoms with van der Waals surface area (Å²) in [6, 6.07) is 17.2. The molecule has 1 N–H and O–H groups in total. The van der Waals surface area contributed by atoms with Crippen LogP contribution in [-0.4, -0.2) is 22.4 Å². The van der Waals surface area contributed by atoms with Crippen molar-refractivity contribution >= 4 is 23.2 Å². The van der Waals surface area contributed by atoms with Gasteiger partial charge in [-0.05, 0) is 42.3 Å². The molecule has 0 unspecified atom stereocenters. The molecule has 5 heteroatoms. The van der Waals surface area contributed by atoms with Crippen molar-refractivity contribution in [1.82, 2.24) is 9.97 Å². The second-order valence-corrected chi connectivity index (χ2v) is 5.57. The number of benzene rings is 1. The highest BCUT2D eigenvalue weighted by atomic mass is 16.1. The van der Waals surface area contributed by atoms with E-state index in [9.17, 15) is 4.79 Å². The lowest BCUT2D eigenvalue weighted by Gasteiger charge is -2.21. The highest BCUT2D eigenvalue weighted by Gasteiger charge is 2.25. The van der Waals surface area contributed by atoms with Gasteiger partial charge in [-0.15, -0.1) is 0 Å². The van der Waals surface area contributed by atoms with E-state index in [1.807, 2.05) is 24.3 Å².